The summed E-state index contributed by atoms with van der Waals surface area (Å²) >= 11 is 0. The van der Waals surface area contributed by atoms with Gasteiger partial charge in [-0.2, -0.15) is 0 Å². The Labute approximate surface area is 118 Å². The summed E-state index contributed by atoms with van der Waals surface area (Å²) in [6, 6.07) is 0.436. The van der Waals surface area contributed by atoms with Crippen LogP contribution in [0.2, 0.25) is 0 Å². The Kier molecular flexibility index (Phi) is 5.26. The first-order valence-electron chi connectivity index (χ1n) is 8.21. The predicted octanol–water partition coefficient (Wildman–Crippen LogP) is 2.95. The van der Waals surface area contributed by atoms with Gasteiger partial charge < -0.3 is 10.2 Å². The fourth-order valence-electron chi connectivity index (χ4n) is 3.83. The molecule has 0 bridgehead atoms. The SMILES string of the molecule is CCCC1(C(=O)N2CCCCCC2C)CCCNC1. The van der Waals surface area contributed by atoms with Crippen molar-refractivity contribution in [1.29, 1.82) is 0 Å². The minimum absolute atomic E-state index is 0.106. The third kappa shape index (κ3) is 3.31. The summed E-state index contributed by atoms with van der Waals surface area (Å²) in [4.78, 5) is 15.3. The lowest BCUT2D eigenvalue weighted by Crippen LogP contribution is -2.54. The van der Waals surface area contributed by atoms with E-state index in [0.29, 0.717) is 11.9 Å². The molecule has 2 atom stereocenters. The van der Waals surface area contributed by atoms with E-state index in [2.05, 4.69) is 24.1 Å². The molecule has 3 heteroatoms. The molecule has 0 aromatic carbocycles. The summed E-state index contributed by atoms with van der Waals surface area (Å²) in [6.45, 7) is 7.39. The van der Waals surface area contributed by atoms with Gasteiger partial charge >= 0.3 is 0 Å². The zero-order chi connectivity index (χ0) is 13.7. The van der Waals surface area contributed by atoms with Crippen LogP contribution < -0.4 is 5.32 Å². The van der Waals surface area contributed by atoms with Crippen molar-refractivity contribution in [3.05, 3.63) is 0 Å². The Morgan fingerprint density at radius 3 is 2.84 bits per heavy atom. The predicted molar refractivity (Wildman–Crippen MR) is 79.1 cm³/mol. The van der Waals surface area contributed by atoms with Crippen LogP contribution in [0.15, 0.2) is 0 Å². The summed E-state index contributed by atoms with van der Waals surface area (Å²) in [5, 5.41) is 3.46. The fourth-order valence-corrected chi connectivity index (χ4v) is 3.83. The van der Waals surface area contributed by atoms with Crippen LogP contribution in [0.5, 0.6) is 0 Å². The van der Waals surface area contributed by atoms with Crippen molar-refractivity contribution < 1.29 is 4.79 Å². The van der Waals surface area contributed by atoms with Crippen LogP contribution in [0.25, 0.3) is 0 Å². The third-order valence-corrected chi connectivity index (χ3v) is 4.97. The Hall–Kier alpha value is -0.570. The van der Waals surface area contributed by atoms with E-state index in [1.165, 1.54) is 25.7 Å². The molecule has 0 aliphatic carbocycles. The zero-order valence-electron chi connectivity index (χ0n) is 12.7. The van der Waals surface area contributed by atoms with Gasteiger partial charge in [-0.3, -0.25) is 4.79 Å². The summed E-state index contributed by atoms with van der Waals surface area (Å²) in [7, 11) is 0. The molecule has 19 heavy (non-hydrogen) atoms. The zero-order valence-corrected chi connectivity index (χ0v) is 12.7. The molecular weight excluding hydrogens is 236 g/mol. The fraction of sp³-hybridized carbons (Fsp3) is 0.938. The molecule has 3 nitrogen and oxygen atoms in total. The number of hydrogen-bond donors (Lipinski definition) is 1. The largest absolute Gasteiger partial charge is 0.339 e. The van der Waals surface area contributed by atoms with E-state index in [4.69, 9.17) is 0 Å². The Morgan fingerprint density at radius 1 is 1.32 bits per heavy atom. The van der Waals surface area contributed by atoms with E-state index in [9.17, 15) is 4.79 Å². The maximum Gasteiger partial charge on any atom is 0.230 e. The number of nitrogens with zero attached hydrogens (tertiary/aromatic N) is 1. The van der Waals surface area contributed by atoms with Crippen LogP contribution in [-0.2, 0) is 4.79 Å². The standard InChI is InChI=1S/C16H30N2O/c1-3-9-16(10-7-11-17-13-16)15(19)18-12-6-4-5-8-14(18)2/h14,17H,3-13H2,1-2H3. The van der Waals surface area contributed by atoms with Crippen molar-refractivity contribution in [2.24, 2.45) is 5.41 Å². The number of piperidine rings is 1. The highest BCUT2D eigenvalue weighted by Gasteiger charge is 2.42. The number of hydrogen-bond acceptors (Lipinski definition) is 2. The molecule has 1 amide bonds. The Bertz CT molecular complexity index is 292. The number of carbonyl (C=O) groups excluding carboxylic acids is 1. The van der Waals surface area contributed by atoms with Gasteiger partial charge in [-0.1, -0.05) is 26.2 Å². The summed E-state index contributed by atoms with van der Waals surface area (Å²) < 4.78 is 0. The molecule has 2 rings (SSSR count). The number of likely N-dealkylation sites (tertiary alicyclic amines) is 1. The lowest BCUT2D eigenvalue weighted by molar-refractivity contribution is -0.146. The van der Waals surface area contributed by atoms with E-state index >= 15 is 0 Å². The quantitative estimate of drug-likeness (QED) is 0.852. The maximum atomic E-state index is 13.1. The molecule has 2 fully saturated rings. The second-order valence-corrected chi connectivity index (χ2v) is 6.51. The van der Waals surface area contributed by atoms with Gasteiger partial charge in [0.15, 0.2) is 0 Å². The molecular formula is C16H30N2O. The second-order valence-electron chi connectivity index (χ2n) is 6.51. The van der Waals surface area contributed by atoms with Gasteiger partial charge in [0.05, 0.1) is 5.41 Å². The molecule has 0 aromatic rings. The second kappa shape index (κ2) is 6.74. The van der Waals surface area contributed by atoms with Gasteiger partial charge in [0.2, 0.25) is 5.91 Å². The first-order valence-corrected chi connectivity index (χ1v) is 8.21. The molecule has 0 aromatic heterocycles. The third-order valence-electron chi connectivity index (χ3n) is 4.97. The highest BCUT2D eigenvalue weighted by atomic mass is 16.2. The van der Waals surface area contributed by atoms with Crippen LogP contribution >= 0.6 is 0 Å². The van der Waals surface area contributed by atoms with Crippen LogP contribution in [0.4, 0.5) is 0 Å². The smallest absolute Gasteiger partial charge is 0.230 e. The molecule has 0 spiro atoms. The minimum atomic E-state index is -0.106. The van der Waals surface area contributed by atoms with Gasteiger partial charge in [-0.25, -0.2) is 0 Å². The number of carbonyl (C=O) groups is 1. The van der Waals surface area contributed by atoms with Gasteiger partial charge in [-0.15, -0.1) is 0 Å². The van der Waals surface area contributed by atoms with Gasteiger partial charge in [-0.05, 0) is 45.6 Å². The lowest BCUT2D eigenvalue weighted by atomic mass is 9.75. The molecule has 2 saturated heterocycles. The van der Waals surface area contributed by atoms with Crippen molar-refractivity contribution in [2.45, 2.75) is 71.3 Å². The molecule has 110 valence electrons. The number of nitrogens with one attached hydrogen (secondary N) is 1. The van der Waals surface area contributed by atoms with Gasteiger partial charge in [0, 0.05) is 19.1 Å². The van der Waals surface area contributed by atoms with Crippen LogP contribution in [-0.4, -0.2) is 36.5 Å². The summed E-state index contributed by atoms with van der Waals surface area (Å²) in [5.74, 6) is 0.441. The molecule has 2 aliphatic heterocycles. The van der Waals surface area contributed by atoms with Gasteiger partial charge in [0.25, 0.3) is 0 Å². The topological polar surface area (TPSA) is 32.3 Å². The summed E-state index contributed by atoms with van der Waals surface area (Å²) in [5.41, 5.74) is -0.106. The highest BCUT2D eigenvalue weighted by Crippen LogP contribution is 2.35. The summed E-state index contributed by atoms with van der Waals surface area (Å²) in [6.07, 6.45) is 9.31. The lowest BCUT2D eigenvalue weighted by Gasteiger charge is -2.41. The van der Waals surface area contributed by atoms with Crippen LogP contribution in [0.3, 0.4) is 0 Å². The number of rotatable bonds is 3. The minimum Gasteiger partial charge on any atom is -0.339 e. The Balaban J connectivity index is 2.13. The van der Waals surface area contributed by atoms with E-state index in [0.717, 1.165) is 45.3 Å². The van der Waals surface area contributed by atoms with E-state index < -0.39 is 0 Å². The first-order chi connectivity index (χ1) is 9.19. The molecule has 0 saturated carbocycles. The van der Waals surface area contributed by atoms with Crippen LogP contribution in [0, 0.1) is 5.41 Å². The number of amides is 1. The first kappa shape index (κ1) is 14.8. The molecule has 2 unspecified atom stereocenters. The monoisotopic (exact) mass is 266 g/mol. The highest BCUT2D eigenvalue weighted by molar-refractivity contribution is 5.83. The van der Waals surface area contributed by atoms with Crippen LogP contribution in [0.1, 0.15) is 65.2 Å². The maximum absolute atomic E-state index is 13.1. The van der Waals surface area contributed by atoms with Crippen molar-refractivity contribution in [2.75, 3.05) is 19.6 Å². The molecule has 2 aliphatic rings. The van der Waals surface area contributed by atoms with Crippen molar-refractivity contribution in [3.63, 3.8) is 0 Å². The van der Waals surface area contributed by atoms with E-state index in [-0.39, 0.29) is 5.41 Å². The Morgan fingerprint density at radius 2 is 2.16 bits per heavy atom. The average molecular weight is 266 g/mol. The van der Waals surface area contributed by atoms with E-state index in [1.54, 1.807) is 0 Å². The van der Waals surface area contributed by atoms with Gasteiger partial charge in [0.1, 0.15) is 0 Å². The molecule has 1 N–H and O–H groups in total. The van der Waals surface area contributed by atoms with Crippen molar-refractivity contribution >= 4 is 5.91 Å². The van der Waals surface area contributed by atoms with Crippen molar-refractivity contribution in [3.8, 4) is 0 Å². The molecule has 0 radical (unpaired) electrons. The average Bonchev–Trinajstić information content (AvgIpc) is 2.64. The van der Waals surface area contributed by atoms with Crippen molar-refractivity contribution in [1.82, 2.24) is 10.2 Å². The normalized spacial score (nSPS) is 32.9. The van der Waals surface area contributed by atoms with E-state index in [1.807, 2.05) is 0 Å². The molecule has 2 heterocycles.